The van der Waals surface area contributed by atoms with Crippen LogP contribution in [0.3, 0.4) is 0 Å². The monoisotopic (exact) mass is 612 g/mol. The van der Waals surface area contributed by atoms with Gasteiger partial charge in [-0.25, -0.2) is 0 Å². The van der Waals surface area contributed by atoms with E-state index in [9.17, 15) is 0 Å². The molecule has 0 fully saturated rings. The highest BCUT2D eigenvalue weighted by Gasteiger charge is 2.19. The second-order valence-electron chi connectivity index (χ2n) is 12.5. The topological polar surface area (TPSA) is 26.3 Å². The number of benzene rings is 8. The Morgan fingerprint density at radius 1 is 0.417 bits per heavy atom. The Kier molecular flexibility index (Phi) is 5.62. The van der Waals surface area contributed by atoms with Crippen molar-refractivity contribution in [3.8, 4) is 22.3 Å². The molecule has 2 nitrogen and oxygen atoms in total. The van der Waals surface area contributed by atoms with Crippen molar-refractivity contribution in [3.05, 3.63) is 158 Å². The van der Waals surface area contributed by atoms with E-state index in [-0.39, 0.29) is 0 Å². The van der Waals surface area contributed by atoms with E-state index in [1.54, 1.807) is 0 Å². The van der Waals surface area contributed by atoms with Crippen LogP contribution in [0.2, 0.25) is 0 Å². The van der Waals surface area contributed by atoms with Crippen molar-refractivity contribution in [1.29, 1.82) is 0 Å². The molecule has 0 N–H and O–H groups in total. The second-order valence-corrected chi connectivity index (χ2v) is 12.5. The lowest BCUT2D eigenvalue weighted by Gasteiger charge is -2.13. The number of hydrogen-bond donors (Lipinski definition) is 0. The zero-order chi connectivity index (χ0) is 31.9. The van der Waals surface area contributed by atoms with Crippen molar-refractivity contribution in [1.82, 2.24) is 0 Å². The Labute approximate surface area is 276 Å². The molecule has 0 amide bonds. The quantitative estimate of drug-likeness (QED) is 0.185. The Morgan fingerprint density at radius 3 is 1.77 bits per heavy atom. The summed E-state index contributed by atoms with van der Waals surface area (Å²) in [5.74, 6) is 0. The number of rotatable bonds is 4. The summed E-state index contributed by atoms with van der Waals surface area (Å²) in [6, 6.07) is 47.6. The molecule has 2 aromatic heterocycles. The van der Waals surface area contributed by atoms with Crippen molar-refractivity contribution >= 4 is 88.3 Å². The maximum atomic E-state index is 6.68. The largest absolute Gasteiger partial charge is 0.456 e. The average molecular weight is 613 g/mol. The maximum absolute atomic E-state index is 6.68. The molecule has 0 aliphatic rings. The minimum absolute atomic E-state index is 0.813. The predicted molar refractivity (Wildman–Crippen MR) is 205 cm³/mol. The van der Waals surface area contributed by atoms with Gasteiger partial charge in [-0.3, -0.25) is 0 Å². The fourth-order valence-electron chi connectivity index (χ4n) is 7.78. The van der Waals surface area contributed by atoms with Crippen LogP contribution >= 0.6 is 0 Å². The van der Waals surface area contributed by atoms with E-state index in [0.717, 1.165) is 71.5 Å². The maximum Gasteiger partial charge on any atom is 0.147 e. The third kappa shape index (κ3) is 3.74. The highest BCUT2D eigenvalue weighted by molar-refractivity contribution is 6.23. The van der Waals surface area contributed by atoms with Crippen LogP contribution in [-0.2, 0) is 0 Å². The van der Waals surface area contributed by atoms with Crippen molar-refractivity contribution in [3.63, 3.8) is 0 Å². The summed E-state index contributed by atoms with van der Waals surface area (Å²) >= 11 is 0. The molecular formula is C46H28O2. The first-order valence-electron chi connectivity index (χ1n) is 16.2. The molecule has 224 valence electrons. The lowest BCUT2D eigenvalue weighted by molar-refractivity contribution is 0.663. The van der Waals surface area contributed by atoms with Gasteiger partial charge < -0.3 is 8.83 Å². The molecule has 0 aliphatic carbocycles. The van der Waals surface area contributed by atoms with Gasteiger partial charge in [0.25, 0.3) is 0 Å². The van der Waals surface area contributed by atoms with Gasteiger partial charge in [-0.05, 0) is 114 Å². The summed E-state index contributed by atoms with van der Waals surface area (Å²) in [5, 5.41) is 11.5. The van der Waals surface area contributed by atoms with E-state index in [2.05, 4.69) is 147 Å². The van der Waals surface area contributed by atoms with Gasteiger partial charge in [-0.1, -0.05) is 110 Å². The lowest BCUT2D eigenvalue weighted by Crippen LogP contribution is -1.89. The molecule has 0 spiro atoms. The summed E-state index contributed by atoms with van der Waals surface area (Å²) in [7, 11) is 0. The summed E-state index contributed by atoms with van der Waals surface area (Å²) in [4.78, 5) is 0. The Hall–Kier alpha value is -6.38. The van der Waals surface area contributed by atoms with E-state index in [0.29, 0.717) is 0 Å². The first-order valence-corrected chi connectivity index (χ1v) is 16.2. The number of fused-ring (bicyclic) bond motifs is 11. The molecule has 0 saturated carbocycles. The van der Waals surface area contributed by atoms with Crippen LogP contribution in [0, 0.1) is 0 Å². The molecule has 0 atom stereocenters. The summed E-state index contributed by atoms with van der Waals surface area (Å²) in [5.41, 5.74) is 10.1. The Balaban J connectivity index is 1.21. The fourth-order valence-corrected chi connectivity index (χ4v) is 7.78. The highest BCUT2D eigenvalue weighted by Crippen LogP contribution is 2.43. The molecule has 10 rings (SSSR count). The van der Waals surface area contributed by atoms with Crippen LogP contribution in [0.25, 0.3) is 111 Å². The van der Waals surface area contributed by atoms with E-state index >= 15 is 0 Å². The van der Waals surface area contributed by atoms with E-state index in [4.69, 9.17) is 8.83 Å². The third-order valence-corrected chi connectivity index (χ3v) is 10.0. The van der Waals surface area contributed by atoms with Crippen LogP contribution in [0.4, 0.5) is 0 Å². The zero-order valence-electron chi connectivity index (χ0n) is 26.1. The van der Waals surface area contributed by atoms with Crippen molar-refractivity contribution in [2.24, 2.45) is 0 Å². The molecule has 0 unspecified atom stereocenters. The first-order chi connectivity index (χ1) is 23.7. The van der Waals surface area contributed by atoms with Gasteiger partial charge in [0.1, 0.15) is 22.3 Å². The van der Waals surface area contributed by atoms with E-state index in [1.807, 2.05) is 12.2 Å². The van der Waals surface area contributed by atoms with Crippen LogP contribution in [0.15, 0.2) is 155 Å². The normalized spacial score (nSPS) is 11.9. The van der Waals surface area contributed by atoms with Crippen LogP contribution in [0.1, 0.15) is 11.1 Å². The van der Waals surface area contributed by atoms with Gasteiger partial charge in [-0.2, -0.15) is 0 Å². The smallest absolute Gasteiger partial charge is 0.147 e. The fraction of sp³-hybridized carbons (Fsp3) is 0. The molecule has 2 heteroatoms. The van der Waals surface area contributed by atoms with Gasteiger partial charge in [0, 0.05) is 16.2 Å². The van der Waals surface area contributed by atoms with E-state index < -0.39 is 0 Å². The zero-order valence-corrected chi connectivity index (χ0v) is 26.1. The third-order valence-electron chi connectivity index (χ3n) is 10.0. The number of hydrogen-bond acceptors (Lipinski definition) is 2. The van der Waals surface area contributed by atoms with Gasteiger partial charge in [0.15, 0.2) is 0 Å². The molecule has 48 heavy (non-hydrogen) atoms. The minimum atomic E-state index is 0.813. The first kappa shape index (κ1) is 26.8. The summed E-state index contributed by atoms with van der Waals surface area (Å²) < 4.78 is 13.1. The summed E-state index contributed by atoms with van der Waals surface area (Å²) in [6.45, 7) is 8.18. The molecule has 0 aliphatic heterocycles. The van der Waals surface area contributed by atoms with Gasteiger partial charge in [0.05, 0.1) is 5.39 Å². The van der Waals surface area contributed by atoms with Crippen LogP contribution in [-0.4, -0.2) is 0 Å². The second kappa shape index (κ2) is 10.1. The Morgan fingerprint density at radius 2 is 1.02 bits per heavy atom. The van der Waals surface area contributed by atoms with E-state index in [1.165, 1.54) is 38.1 Å². The standard InChI is InChI=1S/C46H28O2/c1-3-27-23-38(35-15-9-7-13-33(35)31(27)4-2)30-18-21-43-41(26-30)45-44(47-43)22-19-37-40-25-29(17-20-42(40)48-46(37)45)39-24-28-11-5-6-12-32(28)34-14-8-10-16-36(34)39/h3-26H,1-2H2. The van der Waals surface area contributed by atoms with Crippen LogP contribution in [0.5, 0.6) is 0 Å². The molecule has 10 aromatic rings. The summed E-state index contributed by atoms with van der Waals surface area (Å²) in [6.07, 6.45) is 3.83. The highest BCUT2D eigenvalue weighted by atomic mass is 16.3. The molecule has 0 saturated heterocycles. The van der Waals surface area contributed by atoms with Crippen molar-refractivity contribution in [2.45, 2.75) is 0 Å². The van der Waals surface area contributed by atoms with Crippen LogP contribution < -0.4 is 0 Å². The predicted octanol–water partition coefficient (Wildman–Crippen LogP) is 13.6. The van der Waals surface area contributed by atoms with Gasteiger partial charge in [-0.15, -0.1) is 0 Å². The van der Waals surface area contributed by atoms with Gasteiger partial charge >= 0.3 is 0 Å². The Bertz CT molecular complexity index is 2990. The number of furan rings is 2. The van der Waals surface area contributed by atoms with Gasteiger partial charge in [0.2, 0.25) is 0 Å². The molecular weight excluding hydrogens is 585 g/mol. The molecule has 2 heterocycles. The average Bonchev–Trinajstić information content (AvgIpc) is 3.71. The molecule has 8 aromatic carbocycles. The van der Waals surface area contributed by atoms with Crippen molar-refractivity contribution in [2.75, 3.05) is 0 Å². The molecule has 0 bridgehead atoms. The molecule has 0 radical (unpaired) electrons. The minimum Gasteiger partial charge on any atom is -0.456 e. The SMILES string of the molecule is C=Cc1cc(-c2ccc3oc4ccc5c6cc(-c7cc8ccccc8c8ccccc78)ccc6oc5c4c3c2)c2ccccc2c1C=C. The lowest BCUT2D eigenvalue weighted by atomic mass is 9.90. The van der Waals surface area contributed by atoms with Crippen molar-refractivity contribution < 1.29 is 8.83 Å².